The predicted octanol–water partition coefficient (Wildman–Crippen LogP) is 4.25. The molecule has 3 heterocycles. The van der Waals surface area contributed by atoms with Crippen molar-refractivity contribution in [3.05, 3.63) is 46.7 Å². The van der Waals surface area contributed by atoms with E-state index in [4.69, 9.17) is 4.74 Å². The molecule has 0 aliphatic carbocycles. The molecular formula is C20H25N3O2S. The fraction of sp³-hybridized carbons (Fsp3) is 0.400. The summed E-state index contributed by atoms with van der Waals surface area (Å²) in [4.78, 5) is 19.1. The number of amides is 1. The summed E-state index contributed by atoms with van der Waals surface area (Å²) in [5.41, 5.74) is 3.01. The quantitative estimate of drug-likeness (QED) is 0.632. The van der Waals surface area contributed by atoms with Crippen LogP contribution in [0.25, 0.3) is 15.9 Å². The summed E-state index contributed by atoms with van der Waals surface area (Å²) < 4.78 is 7.53. The number of pyridine rings is 1. The smallest absolute Gasteiger partial charge is 0.263 e. The molecule has 0 aromatic carbocycles. The van der Waals surface area contributed by atoms with E-state index in [0.29, 0.717) is 18.0 Å². The fourth-order valence-electron chi connectivity index (χ4n) is 2.98. The second kappa shape index (κ2) is 8.01. The molecule has 0 bridgehead atoms. The van der Waals surface area contributed by atoms with Crippen LogP contribution in [0.15, 0.2) is 30.6 Å². The zero-order valence-electron chi connectivity index (χ0n) is 15.7. The number of aryl methyl sites for hydroxylation is 2. The molecule has 138 valence electrons. The maximum Gasteiger partial charge on any atom is 0.263 e. The minimum Gasteiger partial charge on any atom is -0.379 e. The lowest BCUT2D eigenvalue weighted by atomic mass is 10.1. The van der Waals surface area contributed by atoms with E-state index in [9.17, 15) is 4.79 Å². The molecule has 1 N–H and O–H groups in total. The van der Waals surface area contributed by atoms with Gasteiger partial charge in [-0.15, -0.1) is 11.3 Å². The Balaban J connectivity index is 1.89. The van der Waals surface area contributed by atoms with E-state index in [1.54, 1.807) is 0 Å². The summed E-state index contributed by atoms with van der Waals surface area (Å²) in [6.07, 6.45) is 4.94. The first-order valence-corrected chi connectivity index (χ1v) is 9.73. The van der Waals surface area contributed by atoms with Gasteiger partial charge in [0, 0.05) is 36.6 Å². The van der Waals surface area contributed by atoms with Crippen molar-refractivity contribution in [3.8, 4) is 5.69 Å². The third-order valence-electron chi connectivity index (χ3n) is 4.09. The second-order valence-electron chi connectivity index (χ2n) is 6.66. The van der Waals surface area contributed by atoms with Crippen molar-refractivity contribution in [1.29, 1.82) is 0 Å². The third kappa shape index (κ3) is 3.97. The topological polar surface area (TPSA) is 56.2 Å². The van der Waals surface area contributed by atoms with E-state index in [2.05, 4.69) is 23.3 Å². The molecule has 0 saturated carbocycles. The summed E-state index contributed by atoms with van der Waals surface area (Å²) in [5.74, 6) is -0.0571. The number of carbonyl (C=O) groups excluding carboxylic acids is 1. The van der Waals surface area contributed by atoms with Gasteiger partial charge >= 0.3 is 0 Å². The highest BCUT2D eigenvalue weighted by molar-refractivity contribution is 7.21. The summed E-state index contributed by atoms with van der Waals surface area (Å²) in [6, 6.07) is 5.99. The highest BCUT2D eigenvalue weighted by Crippen LogP contribution is 2.35. The molecule has 3 aromatic rings. The van der Waals surface area contributed by atoms with Crippen molar-refractivity contribution in [2.45, 2.75) is 40.2 Å². The lowest BCUT2D eigenvalue weighted by Crippen LogP contribution is -2.25. The molecule has 0 radical (unpaired) electrons. The number of thiophene rings is 1. The SMILES string of the molecule is Cc1cc(C)c2c(-n3cccc3)c(C(=O)NCCCOC(C)C)sc2n1. The van der Waals surface area contributed by atoms with Gasteiger partial charge in [-0.2, -0.15) is 0 Å². The van der Waals surface area contributed by atoms with Crippen LogP contribution >= 0.6 is 11.3 Å². The molecule has 1 amide bonds. The van der Waals surface area contributed by atoms with Crippen molar-refractivity contribution in [2.24, 2.45) is 0 Å². The van der Waals surface area contributed by atoms with Gasteiger partial charge in [0.2, 0.25) is 0 Å². The second-order valence-corrected chi connectivity index (χ2v) is 7.66. The fourth-order valence-corrected chi connectivity index (χ4v) is 4.19. The van der Waals surface area contributed by atoms with Gasteiger partial charge in [-0.05, 0) is 57.9 Å². The molecule has 0 saturated heterocycles. The Morgan fingerprint density at radius 3 is 2.73 bits per heavy atom. The number of aromatic nitrogens is 2. The van der Waals surface area contributed by atoms with Gasteiger partial charge in [0.15, 0.2) is 0 Å². The molecule has 0 atom stereocenters. The largest absolute Gasteiger partial charge is 0.379 e. The van der Waals surface area contributed by atoms with Crippen LogP contribution in [0, 0.1) is 13.8 Å². The van der Waals surface area contributed by atoms with Crippen LogP contribution in [0.3, 0.4) is 0 Å². The van der Waals surface area contributed by atoms with Gasteiger partial charge in [-0.25, -0.2) is 4.98 Å². The zero-order chi connectivity index (χ0) is 18.7. The molecule has 3 rings (SSSR count). The summed E-state index contributed by atoms with van der Waals surface area (Å²) in [5, 5.41) is 4.07. The molecule has 5 nitrogen and oxygen atoms in total. The van der Waals surface area contributed by atoms with E-state index < -0.39 is 0 Å². The Morgan fingerprint density at radius 2 is 2.04 bits per heavy atom. The number of nitrogens with one attached hydrogen (secondary N) is 1. The van der Waals surface area contributed by atoms with Crippen molar-refractivity contribution in [1.82, 2.24) is 14.9 Å². The van der Waals surface area contributed by atoms with Crippen LogP contribution in [-0.4, -0.2) is 34.7 Å². The first kappa shape index (κ1) is 18.6. The number of ether oxygens (including phenoxy) is 1. The van der Waals surface area contributed by atoms with Crippen LogP contribution in [0.1, 0.15) is 41.2 Å². The zero-order valence-corrected chi connectivity index (χ0v) is 16.5. The standard InChI is InChI=1S/C20H25N3O2S/c1-13(2)25-11-7-8-21-19(24)18-17(23-9-5-6-10-23)16-14(3)12-15(4)22-20(16)26-18/h5-6,9-10,12-13H,7-8,11H2,1-4H3,(H,21,24). The van der Waals surface area contributed by atoms with E-state index in [0.717, 1.165) is 33.6 Å². The number of fused-ring (bicyclic) bond motifs is 1. The Bertz CT molecular complexity index is 898. The van der Waals surface area contributed by atoms with E-state index >= 15 is 0 Å². The Labute approximate surface area is 158 Å². The van der Waals surface area contributed by atoms with Crippen molar-refractivity contribution < 1.29 is 9.53 Å². The van der Waals surface area contributed by atoms with Crippen molar-refractivity contribution >= 4 is 27.5 Å². The monoisotopic (exact) mass is 371 g/mol. The minimum absolute atomic E-state index is 0.0571. The van der Waals surface area contributed by atoms with Gasteiger partial charge in [-0.3, -0.25) is 4.79 Å². The Kier molecular flexibility index (Phi) is 5.74. The van der Waals surface area contributed by atoms with Crippen LogP contribution in [0.2, 0.25) is 0 Å². The highest BCUT2D eigenvalue weighted by atomic mass is 32.1. The van der Waals surface area contributed by atoms with E-state index in [1.165, 1.54) is 11.3 Å². The lowest BCUT2D eigenvalue weighted by molar-refractivity contribution is 0.0757. The number of carbonyl (C=O) groups is 1. The number of nitrogens with zero attached hydrogens (tertiary/aromatic N) is 2. The third-order valence-corrected chi connectivity index (χ3v) is 5.16. The molecule has 0 spiro atoms. The molecule has 6 heteroatoms. The van der Waals surface area contributed by atoms with Crippen LogP contribution < -0.4 is 5.32 Å². The van der Waals surface area contributed by atoms with Crippen molar-refractivity contribution in [2.75, 3.05) is 13.2 Å². The van der Waals surface area contributed by atoms with Gasteiger partial charge in [0.05, 0.1) is 11.8 Å². The molecule has 0 aliphatic heterocycles. The van der Waals surface area contributed by atoms with E-state index in [1.807, 2.05) is 49.9 Å². The summed E-state index contributed by atoms with van der Waals surface area (Å²) in [6.45, 7) is 9.32. The summed E-state index contributed by atoms with van der Waals surface area (Å²) in [7, 11) is 0. The van der Waals surface area contributed by atoms with Gasteiger partial charge in [0.25, 0.3) is 5.91 Å². The Hall–Kier alpha value is -2.18. The van der Waals surface area contributed by atoms with E-state index in [-0.39, 0.29) is 12.0 Å². The average molecular weight is 372 g/mol. The van der Waals surface area contributed by atoms with Crippen LogP contribution in [0.4, 0.5) is 0 Å². The highest BCUT2D eigenvalue weighted by Gasteiger charge is 2.21. The Morgan fingerprint density at radius 1 is 1.31 bits per heavy atom. The van der Waals surface area contributed by atoms with Gasteiger partial charge < -0.3 is 14.6 Å². The number of hydrogen-bond donors (Lipinski definition) is 1. The van der Waals surface area contributed by atoms with Crippen molar-refractivity contribution in [3.63, 3.8) is 0 Å². The normalized spacial score (nSPS) is 11.4. The predicted molar refractivity (Wildman–Crippen MR) is 106 cm³/mol. The number of rotatable bonds is 7. The van der Waals surface area contributed by atoms with Crippen LogP contribution in [-0.2, 0) is 4.74 Å². The van der Waals surface area contributed by atoms with Crippen LogP contribution in [0.5, 0.6) is 0 Å². The van der Waals surface area contributed by atoms with Gasteiger partial charge in [-0.1, -0.05) is 0 Å². The molecule has 26 heavy (non-hydrogen) atoms. The first-order valence-electron chi connectivity index (χ1n) is 8.91. The maximum absolute atomic E-state index is 12.8. The molecular weight excluding hydrogens is 346 g/mol. The first-order chi connectivity index (χ1) is 12.5. The maximum atomic E-state index is 12.8. The molecule has 0 aliphatic rings. The summed E-state index contributed by atoms with van der Waals surface area (Å²) >= 11 is 1.45. The van der Waals surface area contributed by atoms with Gasteiger partial charge in [0.1, 0.15) is 9.71 Å². The average Bonchev–Trinajstić information content (AvgIpc) is 3.20. The lowest BCUT2D eigenvalue weighted by Gasteiger charge is -2.10. The molecule has 0 fully saturated rings. The molecule has 3 aromatic heterocycles. The minimum atomic E-state index is -0.0571. The molecule has 0 unspecified atom stereocenters. The number of hydrogen-bond acceptors (Lipinski definition) is 4.